The fourth-order valence-corrected chi connectivity index (χ4v) is 1.18. The molecule has 14 heavy (non-hydrogen) atoms. The number of hydrogen-bond donors (Lipinski definition) is 0. The van der Waals surface area contributed by atoms with Crippen molar-refractivity contribution in [3.05, 3.63) is 35.4 Å². The molecule has 1 aromatic rings. The summed E-state index contributed by atoms with van der Waals surface area (Å²) in [7, 11) is 0. The van der Waals surface area contributed by atoms with Crippen LogP contribution in [0.1, 0.15) is 24.9 Å². The summed E-state index contributed by atoms with van der Waals surface area (Å²) in [6, 6.07) is 3.04. The number of nitrogens with zero attached hydrogens (tertiary/aromatic N) is 1. The Balaban J connectivity index is 3.05. The van der Waals surface area contributed by atoms with E-state index in [-0.39, 0.29) is 0 Å². The van der Waals surface area contributed by atoms with E-state index < -0.39 is 17.7 Å². The minimum Gasteiger partial charge on any atom is -0.211 e. The summed E-state index contributed by atoms with van der Waals surface area (Å²) in [4.78, 5) is 13.5. The Labute approximate surface area is 80.3 Å². The Morgan fingerprint density at radius 1 is 1.43 bits per heavy atom. The topological polar surface area (TPSA) is 29.4 Å². The van der Waals surface area contributed by atoms with E-state index in [0.717, 1.165) is 12.1 Å². The summed E-state index contributed by atoms with van der Waals surface area (Å²) < 4.78 is 25.4. The zero-order chi connectivity index (χ0) is 10.6. The van der Waals surface area contributed by atoms with Gasteiger partial charge in [-0.15, -0.1) is 0 Å². The van der Waals surface area contributed by atoms with Crippen LogP contribution in [-0.2, 0) is 4.79 Å². The van der Waals surface area contributed by atoms with Gasteiger partial charge >= 0.3 is 0 Å². The summed E-state index contributed by atoms with van der Waals surface area (Å²) in [5, 5.41) is 0. The summed E-state index contributed by atoms with van der Waals surface area (Å²) in [6.07, 6.45) is 1.95. The molecule has 1 aromatic carbocycles. The lowest BCUT2D eigenvalue weighted by atomic mass is 10.1. The molecule has 0 N–H and O–H groups in total. The molecule has 1 rings (SSSR count). The zero-order valence-electron chi connectivity index (χ0n) is 7.63. The Bertz CT molecular complexity index is 372. The van der Waals surface area contributed by atoms with Gasteiger partial charge in [-0.2, -0.15) is 4.99 Å². The summed E-state index contributed by atoms with van der Waals surface area (Å²) in [6.45, 7) is 1.80. The molecule has 0 saturated heterocycles. The predicted molar refractivity (Wildman–Crippen MR) is 47.5 cm³/mol. The molecular formula is C10H9F2NO. The van der Waals surface area contributed by atoms with Gasteiger partial charge in [0, 0.05) is 0 Å². The van der Waals surface area contributed by atoms with Gasteiger partial charge in [0.1, 0.15) is 0 Å². The minimum absolute atomic E-state index is 0.442. The molecule has 0 heterocycles. The van der Waals surface area contributed by atoms with E-state index in [1.54, 1.807) is 6.92 Å². The van der Waals surface area contributed by atoms with Gasteiger partial charge in [-0.1, -0.05) is 13.0 Å². The minimum atomic E-state index is -0.929. The Hall–Kier alpha value is -1.54. The lowest BCUT2D eigenvalue weighted by Crippen LogP contribution is -1.95. The maximum atomic E-state index is 12.8. The van der Waals surface area contributed by atoms with E-state index in [4.69, 9.17) is 0 Å². The lowest BCUT2D eigenvalue weighted by molar-refractivity contribution is 0.504. The standard InChI is InChI=1S/C10H9F2NO/c1-2-10(13-6-14)7-3-4-8(11)9(12)5-7/h3-5,10H,2H2,1H3. The van der Waals surface area contributed by atoms with Crippen molar-refractivity contribution in [1.29, 1.82) is 0 Å². The number of isocyanates is 1. The summed E-state index contributed by atoms with van der Waals surface area (Å²) in [5.41, 5.74) is 0.481. The van der Waals surface area contributed by atoms with Crippen LogP contribution in [0.15, 0.2) is 23.2 Å². The number of benzene rings is 1. The van der Waals surface area contributed by atoms with Crippen molar-refractivity contribution < 1.29 is 13.6 Å². The Morgan fingerprint density at radius 2 is 2.14 bits per heavy atom. The number of carbonyl (C=O) groups excluding carboxylic acids is 1. The van der Waals surface area contributed by atoms with Crippen molar-refractivity contribution in [3.63, 3.8) is 0 Å². The van der Waals surface area contributed by atoms with Gasteiger partial charge in [0.25, 0.3) is 0 Å². The van der Waals surface area contributed by atoms with Crippen LogP contribution in [0.4, 0.5) is 8.78 Å². The molecule has 0 radical (unpaired) electrons. The van der Waals surface area contributed by atoms with E-state index >= 15 is 0 Å². The maximum absolute atomic E-state index is 12.8. The molecule has 0 fully saturated rings. The quantitative estimate of drug-likeness (QED) is 0.541. The van der Waals surface area contributed by atoms with Crippen LogP contribution in [-0.4, -0.2) is 6.08 Å². The van der Waals surface area contributed by atoms with Crippen molar-refractivity contribution in [3.8, 4) is 0 Å². The van der Waals surface area contributed by atoms with Crippen molar-refractivity contribution >= 4 is 6.08 Å². The largest absolute Gasteiger partial charge is 0.235 e. The third-order valence-corrected chi connectivity index (χ3v) is 1.92. The molecule has 0 aliphatic rings. The van der Waals surface area contributed by atoms with Gasteiger partial charge in [0.05, 0.1) is 6.04 Å². The first-order valence-electron chi connectivity index (χ1n) is 4.21. The third kappa shape index (κ3) is 2.24. The smallest absolute Gasteiger partial charge is 0.211 e. The van der Waals surface area contributed by atoms with Gasteiger partial charge in [-0.25, -0.2) is 13.6 Å². The first-order valence-corrected chi connectivity index (χ1v) is 4.21. The highest BCUT2D eigenvalue weighted by atomic mass is 19.2. The zero-order valence-corrected chi connectivity index (χ0v) is 7.63. The molecule has 0 aliphatic carbocycles. The van der Waals surface area contributed by atoms with Gasteiger partial charge in [0.2, 0.25) is 6.08 Å². The average Bonchev–Trinajstić information content (AvgIpc) is 2.19. The molecule has 0 aromatic heterocycles. The van der Waals surface area contributed by atoms with Crippen LogP contribution in [0.5, 0.6) is 0 Å². The Morgan fingerprint density at radius 3 is 2.64 bits per heavy atom. The highest BCUT2D eigenvalue weighted by molar-refractivity contribution is 5.35. The molecule has 0 aliphatic heterocycles. The molecule has 1 atom stereocenters. The molecule has 1 unspecified atom stereocenters. The number of halogens is 2. The van der Waals surface area contributed by atoms with Crippen LogP contribution in [0, 0.1) is 11.6 Å². The van der Waals surface area contributed by atoms with E-state index in [1.165, 1.54) is 12.1 Å². The normalized spacial score (nSPS) is 11.9. The second-order valence-corrected chi connectivity index (χ2v) is 2.82. The second-order valence-electron chi connectivity index (χ2n) is 2.82. The van der Waals surface area contributed by atoms with Crippen LogP contribution in [0.2, 0.25) is 0 Å². The Kier molecular flexibility index (Phi) is 3.48. The van der Waals surface area contributed by atoms with Crippen molar-refractivity contribution in [1.82, 2.24) is 0 Å². The molecule has 0 amide bonds. The lowest BCUT2D eigenvalue weighted by Gasteiger charge is -2.07. The SMILES string of the molecule is CCC(N=C=O)c1ccc(F)c(F)c1. The van der Waals surface area contributed by atoms with Crippen LogP contribution in [0.25, 0.3) is 0 Å². The van der Waals surface area contributed by atoms with Crippen LogP contribution >= 0.6 is 0 Å². The van der Waals surface area contributed by atoms with Crippen LogP contribution < -0.4 is 0 Å². The summed E-state index contributed by atoms with van der Waals surface area (Å²) >= 11 is 0. The predicted octanol–water partition coefficient (Wildman–Crippen LogP) is 2.75. The highest BCUT2D eigenvalue weighted by Gasteiger charge is 2.10. The monoisotopic (exact) mass is 197 g/mol. The summed E-state index contributed by atoms with van der Waals surface area (Å²) in [5.74, 6) is -1.83. The van der Waals surface area contributed by atoms with Gasteiger partial charge < -0.3 is 0 Å². The van der Waals surface area contributed by atoms with E-state index in [9.17, 15) is 13.6 Å². The third-order valence-electron chi connectivity index (χ3n) is 1.92. The maximum Gasteiger partial charge on any atom is 0.235 e. The van der Waals surface area contributed by atoms with Crippen LogP contribution in [0.3, 0.4) is 0 Å². The fourth-order valence-electron chi connectivity index (χ4n) is 1.18. The van der Waals surface area contributed by atoms with Gasteiger partial charge in [0.15, 0.2) is 11.6 Å². The molecular weight excluding hydrogens is 188 g/mol. The van der Waals surface area contributed by atoms with Gasteiger partial charge in [-0.05, 0) is 24.1 Å². The fraction of sp³-hybridized carbons (Fsp3) is 0.300. The molecule has 2 nitrogen and oxygen atoms in total. The molecule has 0 bridgehead atoms. The van der Waals surface area contributed by atoms with Crippen molar-refractivity contribution in [2.24, 2.45) is 4.99 Å². The number of rotatable bonds is 3. The number of aliphatic imine (C=N–C) groups is 1. The van der Waals surface area contributed by atoms with Gasteiger partial charge in [-0.3, -0.25) is 0 Å². The van der Waals surface area contributed by atoms with E-state index in [0.29, 0.717) is 12.0 Å². The molecule has 4 heteroatoms. The molecule has 74 valence electrons. The van der Waals surface area contributed by atoms with E-state index in [2.05, 4.69) is 4.99 Å². The average molecular weight is 197 g/mol. The van der Waals surface area contributed by atoms with Crippen molar-refractivity contribution in [2.75, 3.05) is 0 Å². The molecule has 0 saturated carbocycles. The van der Waals surface area contributed by atoms with Crippen molar-refractivity contribution in [2.45, 2.75) is 19.4 Å². The molecule has 0 spiro atoms. The highest BCUT2D eigenvalue weighted by Crippen LogP contribution is 2.21. The first kappa shape index (κ1) is 10.5. The first-order chi connectivity index (χ1) is 6.69. The van der Waals surface area contributed by atoms with E-state index in [1.807, 2.05) is 0 Å². The second kappa shape index (κ2) is 4.63. The number of hydrogen-bond acceptors (Lipinski definition) is 2.